The van der Waals surface area contributed by atoms with Gasteiger partial charge in [0.25, 0.3) is 0 Å². The zero-order valence-electron chi connectivity index (χ0n) is 12.2. The molecule has 0 spiro atoms. The Morgan fingerprint density at radius 1 is 1.14 bits per heavy atom. The molecule has 0 aliphatic rings. The largest absolute Gasteiger partial charge is 0.385 e. The molecule has 1 heterocycles. The van der Waals surface area contributed by atoms with Crippen molar-refractivity contribution in [2.75, 3.05) is 0 Å². The van der Waals surface area contributed by atoms with Crippen LogP contribution < -0.4 is 0 Å². The molecule has 3 aromatic rings. The van der Waals surface area contributed by atoms with Crippen LogP contribution in [-0.2, 0) is 13.0 Å². The van der Waals surface area contributed by atoms with Crippen LogP contribution in [0.1, 0.15) is 30.8 Å². The zero-order chi connectivity index (χ0) is 14.7. The highest BCUT2D eigenvalue weighted by molar-refractivity contribution is 5.82. The highest BCUT2D eigenvalue weighted by atomic mass is 16.3. The Bertz CT molecular complexity index is 733. The third-order valence-corrected chi connectivity index (χ3v) is 3.75. The van der Waals surface area contributed by atoms with Crippen LogP contribution in [0.15, 0.2) is 54.9 Å². The van der Waals surface area contributed by atoms with Crippen LogP contribution >= 0.6 is 0 Å². The van der Waals surface area contributed by atoms with Crippen molar-refractivity contribution in [3.63, 3.8) is 0 Å². The number of aryl methyl sites for hydroxylation is 1. The number of hydrogen-bond donors (Lipinski definition) is 1. The fourth-order valence-electron chi connectivity index (χ4n) is 2.73. The van der Waals surface area contributed by atoms with Crippen LogP contribution in [0.4, 0.5) is 0 Å². The van der Waals surface area contributed by atoms with Gasteiger partial charge in [-0.2, -0.15) is 0 Å². The number of rotatable bonds is 5. The smallest absolute Gasteiger partial charge is 0.137 e. The molecule has 108 valence electrons. The average molecular weight is 280 g/mol. The van der Waals surface area contributed by atoms with Crippen molar-refractivity contribution >= 4 is 10.8 Å². The van der Waals surface area contributed by atoms with Gasteiger partial charge in [0.15, 0.2) is 0 Å². The van der Waals surface area contributed by atoms with Crippen LogP contribution in [0.25, 0.3) is 10.8 Å². The van der Waals surface area contributed by atoms with Crippen LogP contribution in [0.2, 0.25) is 0 Å². The van der Waals surface area contributed by atoms with Gasteiger partial charge >= 0.3 is 0 Å². The minimum absolute atomic E-state index is 0.562. The summed E-state index contributed by atoms with van der Waals surface area (Å²) in [6.07, 6.45) is 4.75. The molecule has 0 radical (unpaired) electrons. The Balaban J connectivity index is 1.82. The van der Waals surface area contributed by atoms with E-state index in [0.717, 1.165) is 24.4 Å². The highest BCUT2D eigenvalue weighted by Gasteiger charge is 2.14. The van der Waals surface area contributed by atoms with Crippen molar-refractivity contribution < 1.29 is 5.11 Å². The minimum Gasteiger partial charge on any atom is -0.385 e. The van der Waals surface area contributed by atoms with E-state index in [1.54, 1.807) is 6.20 Å². The second-order valence-electron chi connectivity index (χ2n) is 5.38. The summed E-state index contributed by atoms with van der Waals surface area (Å²) in [7, 11) is 0. The quantitative estimate of drug-likeness (QED) is 0.773. The maximum Gasteiger partial charge on any atom is 0.137 e. The zero-order valence-corrected chi connectivity index (χ0v) is 12.2. The van der Waals surface area contributed by atoms with E-state index in [1.165, 1.54) is 10.8 Å². The van der Waals surface area contributed by atoms with Gasteiger partial charge in [0.05, 0.1) is 0 Å². The molecule has 0 saturated heterocycles. The van der Waals surface area contributed by atoms with Crippen molar-refractivity contribution in [3.8, 4) is 0 Å². The lowest BCUT2D eigenvalue weighted by Crippen LogP contribution is -2.10. The van der Waals surface area contributed by atoms with Crippen LogP contribution in [-0.4, -0.2) is 14.7 Å². The van der Waals surface area contributed by atoms with Crippen LogP contribution in [0.3, 0.4) is 0 Å². The first-order valence-corrected chi connectivity index (χ1v) is 7.44. The van der Waals surface area contributed by atoms with Gasteiger partial charge in [0.2, 0.25) is 0 Å². The lowest BCUT2D eigenvalue weighted by molar-refractivity contribution is 0.163. The molecule has 3 heteroatoms. The Morgan fingerprint density at radius 2 is 1.95 bits per heavy atom. The summed E-state index contributed by atoms with van der Waals surface area (Å²) in [6, 6.07) is 14.6. The molecule has 0 bridgehead atoms. The van der Waals surface area contributed by atoms with Crippen molar-refractivity contribution in [2.45, 2.75) is 32.4 Å². The predicted octanol–water partition coefficient (Wildman–Crippen LogP) is 3.72. The maximum atomic E-state index is 10.5. The Kier molecular flexibility index (Phi) is 4.02. The third-order valence-electron chi connectivity index (χ3n) is 3.75. The Hall–Kier alpha value is -2.13. The van der Waals surface area contributed by atoms with Gasteiger partial charge in [-0.3, -0.25) is 0 Å². The van der Waals surface area contributed by atoms with E-state index in [2.05, 4.69) is 42.2 Å². The van der Waals surface area contributed by atoms with E-state index < -0.39 is 6.10 Å². The summed E-state index contributed by atoms with van der Waals surface area (Å²) in [5, 5.41) is 12.9. The molecule has 2 aromatic carbocycles. The number of aliphatic hydroxyl groups is 1. The van der Waals surface area contributed by atoms with Gasteiger partial charge in [0.1, 0.15) is 11.9 Å². The number of hydrogen-bond acceptors (Lipinski definition) is 2. The van der Waals surface area contributed by atoms with Crippen molar-refractivity contribution in [2.24, 2.45) is 0 Å². The number of nitrogens with zero attached hydrogens (tertiary/aromatic N) is 2. The van der Waals surface area contributed by atoms with Crippen molar-refractivity contribution in [1.82, 2.24) is 9.55 Å². The third kappa shape index (κ3) is 2.98. The fourth-order valence-corrected chi connectivity index (χ4v) is 2.73. The molecular formula is C18H20N2O. The standard InChI is InChI=1S/C18H20N2O/c1-2-10-20-11-9-19-18(20)17(21)13-14-7-8-15-5-3-4-6-16(15)12-14/h3-9,11-12,17,21H,2,10,13H2,1H3. The number of aromatic nitrogens is 2. The van der Waals surface area contributed by atoms with E-state index in [0.29, 0.717) is 6.42 Å². The monoisotopic (exact) mass is 280 g/mol. The van der Waals surface area contributed by atoms with E-state index in [1.807, 2.05) is 22.9 Å². The molecule has 21 heavy (non-hydrogen) atoms. The van der Waals surface area contributed by atoms with Gasteiger partial charge in [-0.1, -0.05) is 49.4 Å². The molecule has 1 N–H and O–H groups in total. The van der Waals surface area contributed by atoms with Gasteiger partial charge in [-0.25, -0.2) is 4.98 Å². The maximum absolute atomic E-state index is 10.5. The molecule has 0 aliphatic carbocycles. The summed E-state index contributed by atoms with van der Waals surface area (Å²) >= 11 is 0. The molecule has 0 fully saturated rings. The fraction of sp³-hybridized carbons (Fsp3) is 0.278. The highest BCUT2D eigenvalue weighted by Crippen LogP contribution is 2.21. The van der Waals surface area contributed by atoms with Gasteiger partial charge in [0, 0.05) is 25.4 Å². The van der Waals surface area contributed by atoms with Crippen molar-refractivity contribution in [3.05, 3.63) is 66.2 Å². The second kappa shape index (κ2) is 6.10. The lowest BCUT2D eigenvalue weighted by atomic mass is 10.0. The van der Waals surface area contributed by atoms with Crippen LogP contribution in [0, 0.1) is 0 Å². The molecule has 0 aliphatic heterocycles. The second-order valence-corrected chi connectivity index (χ2v) is 5.38. The molecule has 0 amide bonds. The van der Waals surface area contributed by atoms with Gasteiger partial charge in [-0.15, -0.1) is 0 Å². The molecule has 3 rings (SSSR count). The average Bonchev–Trinajstić information content (AvgIpc) is 2.96. The number of aliphatic hydroxyl groups excluding tert-OH is 1. The number of imidazole rings is 1. The normalized spacial score (nSPS) is 12.7. The molecule has 1 aromatic heterocycles. The first-order chi connectivity index (χ1) is 10.3. The molecule has 1 atom stereocenters. The van der Waals surface area contributed by atoms with Crippen molar-refractivity contribution in [1.29, 1.82) is 0 Å². The first-order valence-electron chi connectivity index (χ1n) is 7.44. The minimum atomic E-state index is -0.562. The topological polar surface area (TPSA) is 38.0 Å². The Labute approximate surface area is 124 Å². The number of fused-ring (bicyclic) bond motifs is 1. The summed E-state index contributed by atoms with van der Waals surface area (Å²) in [5.74, 6) is 0.755. The molecule has 3 nitrogen and oxygen atoms in total. The van der Waals surface area contributed by atoms with Crippen LogP contribution in [0.5, 0.6) is 0 Å². The first kappa shape index (κ1) is 13.8. The van der Waals surface area contributed by atoms with Gasteiger partial charge < -0.3 is 9.67 Å². The molecule has 1 unspecified atom stereocenters. The van der Waals surface area contributed by atoms with E-state index >= 15 is 0 Å². The predicted molar refractivity (Wildman–Crippen MR) is 85.1 cm³/mol. The van der Waals surface area contributed by atoms with E-state index in [-0.39, 0.29) is 0 Å². The lowest BCUT2D eigenvalue weighted by Gasteiger charge is -2.13. The SMILES string of the molecule is CCCn1ccnc1C(O)Cc1ccc2ccccc2c1. The summed E-state index contributed by atoms with van der Waals surface area (Å²) < 4.78 is 2.03. The molecule has 0 saturated carbocycles. The van der Waals surface area contributed by atoms with Gasteiger partial charge in [-0.05, 0) is 22.8 Å². The summed E-state index contributed by atoms with van der Waals surface area (Å²) in [4.78, 5) is 4.31. The summed E-state index contributed by atoms with van der Waals surface area (Å²) in [6.45, 7) is 3.02. The number of benzene rings is 2. The Morgan fingerprint density at radius 3 is 2.76 bits per heavy atom. The van der Waals surface area contributed by atoms with E-state index in [9.17, 15) is 5.11 Å². The summed E-state index contributed by atoms with van der Waals surface area (Å²) in [5.41, 5.74) is 1.13. The van der Waals surface area contributed by atoms with E-state index in [4.69, 9.17) is 0 Å². The molecular weight excluding hydrogens is 260 g/mol.